The zero-order valence-corrected chi connectivity index (χ0v) is 16.6. The molecule has 3 heterocycles. The predicted octanol–water partition coefficient (Wildman–Crippen LogP) is 5.00. The smallest absolute Gasteiger partial charge is 0.260 e. The summed E-state index contributed by atoms with van der Waals surface area (Å²) >= 11 is 2.91. The third-order valence-electron chi connectivity index (χ3n) is 4.38. The lowest BCUT2D eigenvalue weighted by Gasteiger charge is -2.03. The molecule has 4 rings (SSSR count). The molecule has 1 aromatic carbocycles. The van der Waals surface area contributed by atoms with Gasteiger partial charge < -0.3 is 9.51 Å². The average molecular weight is 401 g/mol. The third kappa shape index (κ3) is 3.30. The van der Waals surface area contributed by atoms with Gasteiger partial charge in [-0.15, -0.1) is 11.3 Å². The first-order chi connectivity index (χ1) is 12.9. The summed E-state index contributed by atoms with van der Waals surface area (Å²) in [6.07, 6.45) is 0. The van der Waals surface area contributed by atoms with E-state index in [0.717, 1.165) is 33.0 Å². The van der Waals surface area contributed by atoms with E-state index in [0.29, 0.717) is 21.1 Å². The van der Waals surface area contributed by atoms with Crippen LogP contribution in [0.2, 0.25) is 0 Å². The number of aromatic amines is 1. The number of H-pyrrole nitrogens is 1. The summed E-state index contributed by atoms with van der Waals surface area (Å²) < 4.78 is 18.4. The average Bonchev–Trinajstić information content (AvgIpc) is 3.13. The fraction of sp³-hybridized carbons (Fsp3) is 0.211. The van der Waals surface area contributed by atoms with E-state index in [4.69, 9.17) is 4.52 Å². The van der Waals surface area contributed by atoms with Gasteiger partial charge in [0.2, 0.25) is 0 Å². The van der Waals surface area contributed by atoms with Gasteiger partial charge in [-0.2, -0.15) is 0 Å². The fourth-order valence-electron chi connectivity index (χ4n) is 2.98. The summed E-state index contributed by atoms with van der Waals surface area (Å²) in [6.45, 7) is 5.71. The number of hydrogen-bond acceptors (Lipinski definition) is 6. The quantitative estimate of drug-likeness (QED) is 0.385. The minimum Gasteiger partial charge on any atom is -0.361 e. The molecule has 0 aliphatic heterocycles. The second-order valence-corrected chi connectivity index (χ2v) is 8.35. The molecule has 0 bridgehead atoms. The molecule has 5 nitrogen and oxygen atoms in total. The number of nitrogens with one attached hydrogen (secondary N) is 1. The molecule has 0 amide bonds. The van der Waals surface area contributed by atoms with Crippen LogP contribution in [0.3, 0.4) is 0 Å². The summed E-state index contributed by atoms with van der Waals surface area (Å²) in [5.41, 5.74) is 3.28. The first-order valence-electron chi connectivity index (χ1n) is 8.28. The molecule has 4 aromatic rings. The topological polar surface area (TPSA) is 71.8 Å². The molecule has 27 heavy (non-hydrogen) atoms. The zero-order valence-electron chi connectivity index (χ0n) is 14.9. The Kier molecular flexibility index (Phi) is 4.61. The van der Waals surface area contributed by atoms with E-state index in [1.165, 1.54) is 35.2 Å². The summed E-state index contributed by atoms with van der Waals surface area (Å²) in [7, 11) is 0. The van der Waals surface area contributed by atoms with Crippen LogP contribution in [0, 0.1) is 26.6 Å². The van der Waals surface area contributed by atoms with Gasteiger partial charge in [0.1, 0.15) is 16.4 Å². The Bertz CT molecular complexity index is 1170. The van der Waals surface area contributed by atoms with E-state index in [1.54, 1.807) is 12.1 Å². The van der Waals surface area contributed by atoms with Gasteiger partial charge in [-0.25, -0.2) is 9.37 Å². The number of rotatable bonds is 4. The standard InChI is InChI=1S/C19H16FN3O2S2/c1-9-14(10(2)25-23-9)8-26-19-21-17(24)16-15(11(3)27-18(16)22-19)12-4-6-13(20)7-5-12/h4-7H,8H2,1-3H3,(H,21,22,24). The van der Waals surface area contributed by atoms with Gasteiger partial charge in [0.15, 0.2) is 5.16 Å². The second-order valence-electron chi connectivity index (χ2n) is 6.18. The Hall–Kier alpha value is -2.45. The number of aryl methyl sites for hydroxylation is 3. The minimum absolute atomic E-state index is 0.190. The maximum Gasteiger partial charge on any atom is 0.260 e. The molecule has 8 heteroatoms. The number of hydrogen-bond donors (Lipinski definition) is 1. The molecular formula is C19H16FN3O2S2. The highest BCUT2D eigenvalue weighted by molar-refractivity contribution is 7.98. The van der Waals surface area contributed by atoms with Gasteiger partial charge >= 0.3 is 0 Å². The van der Waals surface area contributed by atoms with Crippen LogP contribution in [-0.2, 0) is 5.75 Å². The zero-order chi connectivity index (χ0) is 19.1. The number of aromatic nitrogens is 3. The highest BCUT2D eigenvalue weighted by atomic mass is 32.2. The van der Waals surface area contributed by atoms with Crippen molar-refractivity contribution in [3.05, 3.63) is 62.3 Å². The minimum atomic E-state index is -0.305. The number of halogens is 1. The van der Waals surface area contributed by atoms with Crippen LogP contribution in [-0.4, -0.2) is 15.1 Å². The van der Waals surface area contributed by atoms with Gasteiger partial charge in [0, 0.05) is 21.8 Å². The van der Waals surface area contributed by atoms with Crippen molar-refractivity contribution in [2.24, 2.45) is 0 Å². The number of nitrogens with zero attached hydrogens (tertiary/aromatic N) is 2. The molecule has 0 aliphatic rings. The molecule has 0 fully saturated rings. The molecule has 0 aliphatic carbocycles. The third-order valence-corrected chi connectivity index (χ3v) is 6.28. The Labute approximate surface area is 162 Å². The van der Waals surface area contributed by atoms with Crippen molar-refractivity contribution in [2.45, 2.75) is 31.7 Å². The van der Waals surface area contributed by atoms with E-state index >= 15 is 0 Å². The van der Waals surface area contributed by atoms with Crippen molar-refractivity contribution in [3.8, 4) is 11.1 Å². The van der Waals surface area contributed by atoms with Crippen LogP contribution in [0.1, 0.15) is 21.9 Å². The number of benzene rings is 1. The molecule has 0 unspecified atom stereocenters. The van der Waals surface area contributed by atoms with Crippen LogP contribution < -0.4 is 5.56 Å². The van der Waals surface area contributed by atoms with Gasteiger partial charge in [-0.1, -0.05) is 29.1 Å². The SMILES string of the molecule is Cc1noc(C)c1CSc1nc2sc(C)c(-c3ccc(F)cc3)c2c(=O)[nH]1. The summed E-state index contributed by atoms with van der Waals surface area (Å²) in [5, 5.41) is 5.05. The second kappa shape index (κ2) is 6.94. The number of thioether (sulfide) groups is 1. The van der Waals surface area contributed by atoms with Crippen LogP contribution in [0.4, 0.5) is 4.39 Å². The Balaban J connectivity index is 1.73. The van der Waals surface area contributed by atoms with E-state index in [2.05, 4.69) is 15.1 Å². The Morgan fingerprint density at radius 2 is 1.96 bits per heavy atom. The maximum absolute atomic E-state index is 13.2. The lowest BCUT2D eigenvalue weighted by molar-refractivity contribution is 0.392. The molecule has 0 radical (unpaired) electrons. The van der Waals surface area contributed by atoms with Crippen molar-refractivity contribution >= 4 is 33.3 Å². The molecule has 0 atom stereocenters. The van der Waals surface area contributed by atoms with Crippen LogP contribution >= 0.6 is 23.1 Å². The highest BCUT2D eigenvalue weighted by Crippen LogP contribution is 2.36. The van der Waals surface area contributed by atoms with E-state index in [9.17, 15) is 9.18 Å². The lowest BCUT2D eigenvalue weighted by Crippen LogP contribution is -2.08. The van der Waals surface area contributed by atoms with Crippen molar-refractivity contribution in [1.29, 1.82) is 0 Å². The number of thiophene rings is 1. The molecule has 0 saturated heterocycles. The summed E-state index contributed by atoms with van der Waals surface area (Å²) in [6, 6.07) is 6.16. The Morgan fingerprint density at radius 1 is 1.22 bits per heavy atom. The number of fused-ring (bicyclic) bond motifs is 1. The van der Waals surface area contributed by atoms with Crippen LogP contribution in [0.25, 0.3) is 21.3 Å². The lowest BCUT2D eigenvalue weighted by atomic mass is 10.0. The van der Waals surface area contributed by atoms with Crippen molar-refractivity contribution in [1.82, 2.24) is 15.1 Å². The van der Waals surface area contributed by atoms with Gasteiger partial charge in [0.05, 0.1) is 11.1 Å². The first-order valence-corrected chi connectivity index (χ1v) is 10.1. The molecule has 3 aromatic heterocycles. The van der Waals surface area contributed by atoms with Crippen LogP contribution in [0.5, 0.6) is 0 Å². The summed E-state index contributed by atoms with van der Waals surface area (Å²) in [5.74, 6) is 1.08. The van der Waals surface area contributed by atoms with E-state index in [-0.39, 0.29) is 11.4 Å². The largest absolute Gasteiger partial charge is 0.361 e. The molecule has 138 valence electrons. The predicted molar refractivity (Wildman–Crippen MR) is 106 cm³/mol. The molecular weight excluding hydrogens is 385 g/mol. The van der Waals surface area contributed by atoms with Crippen LogP contribution in [0.15, 0.2) is 38.7 Å². The molecule has 0 spiro atoms. The van der Waals surface area contributed by atoms with Crippen molar-refractivity contribution in [3.63, 3.8) is 0 Å². The van der Waals surface area contributed by atoms with Crippen molar-refractivity contribution < 1.29 is 8.91 Å². The normalized spacial score (nSPS) is 11.4. The molecule has 0 saturated carbocycles. The monoisotopic (exact) mass is 401 g/mol. The molecule has 1 N–H and O–H groups in total. The van der Waals surface area contributed by atoms with Gasteiger partial charge in [-0.3, -0.25) is 4.79 Å². The first kappa shape index (κ1) is 17.9. The fourth-order valence-corrected chi connectivity index (χ4v) is 5.10. The van der Waals surface area contributed by atoms with E-state index in [1.807, 2.05) is 20.8 Å². The van der Waals surface area contributed by atoms with Crippen molar-refractivity contribution in [2.75, 3.05) is 0 Å². The van der Waals surface area contributed by atoms with Gasteiger partial charge in [-0.05, 0) is 38.5 Å². The highest BCUT2D eigenvalue weighted by Gasteiger charge is 2.17. The van der Waals surface area contributed by atoms with E-state index < -0.39 is 0 Å². The van der Waals surface area contributed by atoms with Gasteiger partial charge in [0.25, 0.3) is 5.56 Å². The Morgan fingerprint density at radius 3 is 2.63 bits per heavy atom. The maximum atomic E-state index is 13.2. The summed E-state index contributed by atoms with van der Waals surface area (Å²) in [4.78, 5) is 21.9.